The van der Waals surface area contributed by atoms with Gasteiger partial charge >= 0.3 is 5.97 Å². The van der Waals surface area contributed by atoms with E-state index in [1.54, 1.807) is 0 Å². The topological polar surface area (TPSA) is 75.6 Å². The van der Waals surface area contributed by atoms with Crippen molar-refractivity contribution in [3.8, 4) is 0 Å². The highest BCUT2D eigenvalue weighted by molar-refractivity contribution is 5.82. The summed E-state index contributed by atoms with van der Waals surface area (Å²) >= 11 is 0. The van der Waals surface area contributed by atoms with Crippen LogP contribution in [-0.2, 0) is 20.9 Å². The summed E-state index contributed by atoms with van der Waals surface area (Å²) in [4.78, 5) is 21.5. The molecule has 0 unspecified atom stereocenters. The average molecular weight is 237 g/mol. The summed E-state index contributed by atoms with van der Waals surface area (Å²) < 4.78 is 5.25. The average Bonchev–Trinajstić information content (AvgIpc) is 2.28. The van der Waals surface area contributed by atoms with E-state index in [4.69, 9.17) is 9.84 Å². The van der Waals surface area contributed by atoms with Gasteiger partial charge in [0, 0.05) is 6.92 Å². The van der Waals surface area contributed by atoms with Crippen LogP contribution in [0, 0.1) is 0 Å². The Morgan fingerprint density at radius 2 is 2.00 bits per heavy atom. The van der Waals surface area contributed by atoms with Gasteiger partial charge in [0.05, 0.1) is 13.2 Å². The maximum atomic E-state index is 10.8. The van der Waals surface area contributed by atoms with E-state index >= 15 is 0 Å². The van der Waals surface area contributed by atoms with Gasteiger partial charge in [-0.25, -0.2) is 4.79 Å². The molecular weight excluding hydrogens is 222 g/mol. The van der Waals surface area contributed by atoms with Crippen LogP contribution in [0.3, 0.4) is 0 Å². The predicted molar refractivity (Wildman–Crippen MR) is 61.3 cm³/mol. The van der Waals surface area contributed by atoms with E-state index in [0.29, 0.717) is 6.61 Å². The number of carboxylic acids is 1. The molecule has 0 aliphatic carbocycles. The van der Waals surface area contributed by atoms with Crippen LogP contribution < -0.4 is 5.32 Å². The first-order valence-corrected chi connectivity index (χ1v) is 5.21. The third-order valence-corrected chi connectivity index (χ3v) is 2.07. The lowest BCUT2D eigenvalue weighted by Gasteiger charge is -2.13. The number of carboxylic acid groups (broad SMARTS) is 1. The predicted octanol–water partition coefficient (Wildman–Crippen LogP) is 0.792. The number of hydrogen-bond donors (Lipinski definition) is 2. The van der Waals surface area contributed by atoms with Gasteiger partial charge in [0.15, 0.2) is 6.04 Å². The van der Waals surface area contributed by atoms with Crippen molar-refractivity contribution in [3.05, 3.63) is 35.9 Å². The minimum atomic E-state index is -1.10. The summed E-state index contributed by atoms with van der Waals surface area (Å²) in [6.45, 7) is 1.54. The molecule has 1 rings (SSSR count). The molecule has 5 heteroatoms. The Balaban J connectivity index is 2.37. The maximum Gasteiger partial charge on any atom is 0.328 e. The van der Waals surface area contributed by atoms with Gasteiger partial charge in [-0.1, -0.05) is 30.3 Å². The first-order chi connectivity index (χ1) is 8.09. The lowest BCUT2D eigenvalue weighted by atomic mass is 10.2. The number of nitrogens with one attached hydrogen (secondary N) is 1. The fourth-order valence-electron chi connectivity index (χ4n) is 1.29. The zero-order chi connectivity index (χ0) is 12.7. The third-order valence-electron chi connectivity index (χ3n) is 2.07. The molecule has 0 radical (unpaired) electrons. The van der Waals surface area contributed by atoms with Crippen LogP contribution in [0.25, 0.3) is 0 Å². The molecule has 1 aromatic rings. The zero-order valence-corrected chi connectivity index (χ0v) is 9.55. The number of amides is 1. The van der Waals surface area contributed by atoms with Crippen molar-refractivity contribution in [2.45, 2.75) is 19.6 Å². The molecule has 0 heterocycles. The highest BCUT2D eigenvalue weighted by atomic mass is 16.5. The molecule has 2 N–H and O–H groups in total. The first kappa shape index (κ1) is 13.2. The van der Waals surface area contributed by atoms with E-state index in [9.17, 15) is 9.59 Å². The molecule has 17 heavy (non-hydrogen) atoms. The number of aliphatic carboxylic acids is 1. The van der Waals surface area contributed by atoms with Crippen molar-refractivity contribution < 1.29 is 19.4 Å². The molecular formula is C12H15NO4. The van der Waals surface area contributed by atoms with Crippen LogP contribution in [0.4, 0.5) is 0 Å². The number of carbonyl (C=O) groups excluding carboxylic acids is 1. The van der Waals surface area contributed by atoms with Crippen LogP contribution in [0.1, 0.15) is 12.5 Å². The fraction of sp³-hybridized carbons (Fsp3) is 0.333. The number of rotatable bonds is 6. The Labute approximate surface area is 99.4 Å². The SMILES string of the molecule is CC(=O)N[C@H](COCc1ccccc1)C(=O)O. The van der Waals surface area contributed by atoms with E-state index in [-0.39, 0.29) is 12.5 Å². The molecule has 0 aliphatic heterocycles. The Morgan fingerprint density at radius 3 is 2.53 bits per heavy atom. The van der Waals surface area contributed by atoms with Crippen LogP contribution in [0.15, 0.2) is 30.3 Å². The minimum Gasteiger partial charge on any atom is -0.480 e. The fourth-order valence-corrected chi connectivity index (χ4v) is 1.29. The smallest absolute Gasteiger partial charge is 0.328 e. The lowest BCUT2D eigenvalue weighted by Crippen LogP contribution is -2.42. The second kappa shape index (κ2) is 6.65. The monoisotopic (exact) mass is 237 g/mol. The van der Waals surface area contributed by atoms with Crippen molar-refractivity contribution in [2.24, 2.45) is 0 Å². The van der Waals surface area contributed by atoms with Crippen molar-refractivity contribution in [1.82, 2.24) is 5.32 Å². The van der Waals surface area contributed by atoms with Crippen molar-refractivity contribution in [3.63, 3.8) is 0 Å². The van der Waals surface area contributed by atoms with E-state index in [2.05, 4.69) is 5.32 Å². The van der Waals surface area contributed by atoms with E-state index in [1.807, 2.05) is 30.3 Å². The number of carbonyl (C=O) groups is 2. The highest BCUT2D eigenvalue weighted by Gasteiger charge is 2.18. The molecule has 0 saturated carbocycles. The summed E-state index contributed by atoms with van der Waals surface area (Å²) in [7, 11) is 0. The molecule has 5 nitrogen and oxygen atoms in total. The Bertz CT molecular complexity index is 377. The Hall–Kier alpha value is -1.88. The third kappa shape index (κ3) is 5.12. The Kier molecular flexibility index (Phi) is 5.16. The van der Waals surface area contributed by atoms with Crippen molar-refractivity contribution in [1.29, 1.82) is 0 Å². The van der Waals surface area contributed by atoms with Gasteiger partial charge < -0.3 is 15.2 Å². The highest BCUT2D eigenvalue weighted by Crippen LogP contribution is 2.01. The van der Waals surface area contributed by atoms with Gasteiger partial charge in [0.2, 0.25) is 5.91 Å². The summed E-state index contributed by atoms with van der Waals surface area (Å²) in [6.07, 6.45) is 0. The quantitative estimate of drug-likeness (QED) is 0.767. The van der Waals surface area contributed by atoms with Crippen LogP contribution >= 0.6 is 0 Å². The Morgan fingerprint density at radius 1 is 1.35 bits per heavy atom. The second-order valence-corrected chi connectivity index (χ2v) is 3.59. The molecule has 92 valence electrons. The van der Waals surface area contributed by atoms with E-state index in [1.165, 1.54) is 6.92 Å². The summed E-state index contributed by atoms with van der Waals surface area (Å²) in [5, 5.41) is 11.1. The molecule has 1 amide bonds. The number of hydrogen-bond acceptors (Lipinski definition) is 3. The standard InChI is InChI=1S/C12H15NO4/c1-9(14)13-11(12(15)16)8-17-7-10-5-3-2-4-6-10/h2-6,11H,7-8H2,1H3,(H,13,14)(H,15,16)/t11-/m1/s1. The van der Waals surface area contributed by atoms with Crippen LogP contribution in [0.2, 0.25) is 0 Å². The van der Waals surface area contributed by atoms with Gasteiger partial charge in [-0.05, 0) is 5.56 Å². The van der Waals surface area contributed by atoms with E-state index < -0.39 is 12.0 Å². The molecule has 0 spiro atoms. The summed E-state index contributed by atoms with van der Waals surface area (Å²) in [5.74, 6) is -1.49. The van der Waals surface area contributed by atoms with Gasteiger partial charge in [-0.15, -0.1) is 0 Å². The largest absolute Gasteiger partial charge is 0.480 e. The number of benzene rings is 1. The molecule has 1 atom stereocenters. The van der Waals surface area contributed by atoms with Crippen LogP contribution in [-0.4, -0.2) is 29.6 Å². The van der Waals surface area contributed by atoms with E-state index in [0.717, 1.165) is 5.56 Å². The van der Waals surface area contributed by atoms with Gasteiger partial charge in [0.25, 0.3) is 0 Å². The zero-order valence-electron chi connectivity index (χ0n) is 9.55. The second-order valence-electron chi connectivity index (χ2n) is 3.59. The maximum absolute atomic E-state index is 10.8. The van der Waals surface area contributed by atoms with Crippen molar-refractivity contribution >= 4 is 11.9 Å². The van der Waals surface area contributed by atoms with Crippen molar-refractivity contribution in [2.75, 3.05) is 6.61 Å². The lowest BCUT2D eigenvalue weighted by molar-refractivity contribution is -0.143. The molecule has 0 aromatic heterocycles. The van der Waals surface area contributed by atoms with Gasteiger partial charge in [0.1, 0.15) is 0 Å². The van der Waals surface area contributed by atoms with Gasteiger partial charge in [-0.3, -0.25) is 4.79 Å². The molecule has 0 fully saturated rings. The minimum absolute atomic E-state index is 0.0518. The first-order valence-electron chi connectivity index (χ1n) is 5.21. The molecule has 0 aliphatic rings. The molecule has 0 bridgehead atoms. The molecule has 0 saturated heterocycles. The summed E-state index contributed by atoms with van der Waals surface area (Å²) in [5.41, 5.74) is 0.958. The molecule has 1 aromatic carbocycles. The number of ether oxygens (including phenoxy) is 1. The summed E-state index contributed by atoms with van der Waals surface area (Å²) in [6, 6.07) is 8.40. The van der Waals surface area contributed by atoms with Crippen LogP contribution in [0.5, 0.6) is 0 Å². The normalized spacial score (nSPS) is 11.8. The van der Waals surface area contributed by atoms with Gasteiger partial charge in [-0.2, -0.15) is 0 Å².